The molecule has 2 aromatic rings. The molecule has 0 N–H and O–H groups in total. The third-order valence-electron chi connectivity index (χ3n) is 5.24. The molecule has 1 fully saturated rings. The van der Waals surface area contributed by atoms with Crippen LogP contribution in [0.3, 0.4) is 0 Å². The molecule has 29 heavy (non-hydrogen) atoms. The summed E-state index contributed by atoms with van der Waals surface area (Å²) in [5.74, 6) is -1.17. The van der Waals surface area contributed by atoms with Gasteiger partial charge in [0, 0.05) is 20.1 Å². The fraction of sp³-hybridized carbons (Fsp3) is 0.571. The summed E-state index contributed by atoms with van der Waals surface area (Å²) in [6.07, 6.45) is 3.64. The van der Waals surface area contributed by atoms with E-state index in [4.69, 9.17) is 16.0 Å². The summed E-state index contributed by atoms with van der Waals surface area (Å²) < 4.78 is 41.8. The van der Waals surface area contributed by atoms with E-state index in [0.29, 0.717) is 13.0 Å². The number of ketones is 1. The number of nitrogens with zero attached hydrogens (tertiary/aromatic N) is 3. The Balaban J connectivity index is 1.61. The van der Waals surface area contributed by atoms with Crippen LogP contribution in [-0.4, -0.2) is 34.1 Å². The Morgan fingerprint density at radius 2 is 2.00 bits per heavy atom. The molecule has 0 bridgehead atoms. The van der Waals surface area contributed by atoms with Crippen molar-refractivity contribution in [1.82, 2.24) is 9.55 Å². The number of ether oxygens (including phenoxy) is 2. The standard InChI is InChI=1S/C21H25F2N3O3/c1-12(9-13(2)27)11-28-14-5-7-15(8-6-14)29-21-25-19-16(22)10-17(24-3)18(23)20(19)26(21)4/h10,12,14-15H,5-9,11H2,1-2,4H3/t12-,14?,15?/m1/s1. The van der Waals surface area contributed by atoms with E-state index in [-0.39, 0.29) is 46.6 Å². The second-order valence-corrected chi connectivity index (χ2v) is 7.82. The maximum Gasteiger partial charge on any atom is 0.297 e. The quantitative estimate of drug-likeness (QED) is 0.625. The van der Waals surface area contributed by atoms with Gasteiger partial charge in [-0.15, -0.1) is 0 Å². The van der Waals surface area contributed by atoms with Gasteiger partial charge >= 0.3 is 0 Å². The van der Waals surface area contributed by atoms with Crippen molar-refractivity contribution < 1.29 is 23.0 Å². The number of benzene rings is 1. The number of carbonyl (C=O) groups is 1. The van der Waals surface area contributed by atoms with E-state index in [2.05, 4.69) is 9.83 Å². The molecular weight excluding hydrogens is 380 g/mol. The van der Waals surface area contributed by atoms with Crippen LogP contribution in [0.15, 0.2) is 6.07 Å². The van der Waals surface area contributed by atoms with Crippen molar-refractivity contribution in [3.63, 3.8) is 0 Å². The first kappa shape index (κ1) is 21.2. The number of rotatable bonds is 7. The molecule has 0 unspecified atom stereocenters. The first-order chi connectivity index (χ1) is 13.8. The normalized spacial score (nSPS) is 20.4. The molecule has 0 radical (unpaired) electrons. The van der Waals surface area contributed by atoms with Crippen LogP contribution in [0.1, 0.15) is 46.0 Å². The third-order valence-corrected chi connectivity index (χ3v) is 5.24. The first-order valence-electron chi connectivity index (χ1n) is 9.79. The fourth-order valence-corrected chi connectivity index (χ4v) is 3.77. The van der Waals surface area contributed by atoms with Crippen LogP contribution in [0.2, 0.25) is 0 Å². The molecule has 1 atom stereocenters. The third kappa shape index (κ3) is 4.73. The van der Waals surface area contributed by atoms with Crippen LogP contribution in [0.25, 0.3) is 15.9 Å². The molecule has 1 aromatic heterocycles. The number of hydrogen-bond acceptors (Lipinski definition) is 4. The fourth-order valence-electron chi connectivity index (χ4n) is 3.77. The van der Waals surface area contributed by atoms with Crippen LogP contribution < -0.4 is 4.74 Å². The number of aryl methyl sites for hydroxylation is 1. The zero-order valence-electron chi connectivity index (χ0n) is 16.9. The first-order valence-corrected chi connectivity index (χ1v) is 9.79. The largest absolute Gasteiger partial charge is 0.461 e. The summed E-state index contributed by atoms with van der Waals surface area (Å²) >= 11 is 0. The molecule has 0 aliphatic heterocycles. The van der Waals surface area contributed by atoms with Crippen molar-refractivity contribution in [1.29, 1.82) is 0 Å². The van der Waals surface area contributed by atoms with Crippen molar-refractivity contribution in [2.24, 2.45) is 13.0 Å². The predicted molar refractivity (Wildman–Crippen MR) is 104 cm³/mol. The van der Waals surface area contributed by atoms with Crippen molar-refractivity contribution in [2.45, 2.75) is 58.2 Å². The lowest BCUT2D eigenvalue weighted by Gasteiger charge is -2.29. The van der Waals surface area contributed by atoms with Gasteiger partial charge in [0.15, 0.2) is 5.82 Å². The van der Waals surface area contributed by atoms with Gasteiger partial charge in [-0.3, -0.25) is 4.57 Å². The molecular formula is C21H25F2N3O3. The van der Waals surface area contributed by atoms with Gasteiger partial charge in [0.2, 0.25) is 5.69 Å². The van der Waals surface area contributed by atoms with E-state index < -0.39 is 11.6 Å². The van der Waals surface area contributed by atoms with Gasteiger partial charge in [0.05, 0.1) is 18.2 Å². The minimum atomic E-state index is -0.793. The van der Waals surface area contributed by atoms with Crippen LogP contribution >= 0.6 is 0 Å². The predicted octanol–water partition coefficient (Wildman–Crippen LogP) is 4.72. The minimum absolute atomic E-state index is 0.0671. The summed E-state index contributed by atoms with van der Waals surface area (Å²) in [6, 6.07) is 0.997. The highest BCUT2D eigenvalue weighted by Crippen LogP contribution is 2.33. The second kappa shape index (κ2) is 8.87. The van der Waals surface area contributed by atoms with Gasteiger partial charge in [0.25, 0.3) is 6.01 Å². The Morgan fingerprint density at radius 1 is 1.34 bits per heavy atom. The van der Waals surface area contributed by atoms with Gasteiger partial charge < -0.3 is 14.3 Å². The van der Waals surface area contributed by atoms with E-state index in [9.17, 15) is 13.6 Å². The molecule has 156 valence electrons. The zero-order valence-corrected chi connectivity index (χ0v) is 16.9. The topological polar surface area (TPSA) is 57.7 Å². The van der Waals surface area contributed by atoms with Crippen LogP contribution in [0.4, 0.5) is 14.5 Å². The van der Waals surface area contributed by atoms with Crippen LogP contribution in [-0.2, 0) is 16.6 Å². The zero-order chi connectivity index (χ0) is 21.1. The van der Waals surface area contributed by atoms with Crippen LogP contribution in [0, 0.1) is 24.1 Å². The van der Waals surface area contributed by atoms with Gasteiger partial charge in [-0.2, -0.15) is 4.98 Å². The molecule has 1 aliphatic carbocycles. The van der Waals surface area contributed by atoms with Crippen molar-refractivity contribution in [3.05, 3.63) is 29.1 Å². The molecule has 0 amide bonds. The van der Waals surface area contributed by atoms with Gasteiger partial charge in [0.1, 0.15) is 23.2 Å². The van der Waals surface area contributed by atoms with E-state index in [1.165, 1.54) is 4.57 Å². The highest BCUT2D eigenvalue weighted by Gasteiger charge is 2.26. The maximum atomic E-state index is 14.4. The molecule has 3 rings (SSSR count). The molecule has 6 nitrogen and oxygen atoms in total. The molecule has 1 aromatic carbocycles. The van der Waals surface area contributed by atoms with Crippen molar-refractivity contribution >= 4 is 22.5 Å². The Hall–Kier alpha value is -2.53. The molecule has 1 aliphatic rings. The van der Waals surface area contributed by atoms with E-state index in [1.54, 1.807) is 14.0 Å². The Bertz CT molecular complexity index is 943. The van der Waals surface area contributed by atoms with Crippen molar-refractivity contribution in [2.75, 3.05) is 6.61 Å². The number of fused-ring (bicyclic) bond motifs is 1. The molecule has 0 spiro atoms. The summed E-state index contributed by atoms with van der Waals surface area (Å²) in [6.45, 7) is 11.1. The van der Waals surface area contributed by atoms with E-state index in [0.717, 1.165) is 31.7 Å². The number of hydrogen-bond donors (Lipinski definition) is 0. The lowest BCUT2D eigenvalue weighted by molar-refractivity contribution is -0.118. The number of halogens is 2. The Labute approximate surface area is 168 Å². The molecule has 8 heteroatoms. The average molecular weight is 405 g/mol. The lowest BCUT2D eigenvalue weighted by atomic mass is 9.95. The SMILES string of the molecule is [C-]#[N+]c1cc(F)c2nc(OC3CCC(OC[C@H](C)CC(C)=O)CC3)n(C)c2c1F. The summed E-state index contributed by atoms with van der Waals surface area (Å²) in [5.41, 5.74) is -0.576. The number of aromatic nitrogens is 2. The highest BCUT2D eigenvalue weighted by atomic mass is 19.1. The maximum absolute atomic E-state index is 14.4. The second-order valence-electron chi connectivity index (χ2n) is 7.82. The summed E-state index contributed by atoms with van der Waals surface area (Å²) in [5, 5.41) is 0. The summed E-state index contributed by atoms with van der Waals surface area (Å²) in [7, 11) is 1.55. The number of imidazole rings is 1. The minimum Gasteiger partial charge on any atom is -0.461 e. The van der Waals surface area contributed by atoms with Gasteiger partial charge in [-0.05, 0) is 44.6 Å². The Kier molecular flexibility index (Phi) is 6.48. The van der Waals surface area contributed by atoms with E-state index in [1.807, 2.05) is 6.92 Å². The lowest BCUT2D eigenvalue weighted by Crippen LogP contribution is -2.30. The number of Topliss-reactive ketones (excluding diaryl/α,β-unsaturated/α-hetero) is 1. The van der Waals surface area contributed by atoms with Crippen LogP contribution in [0.5, 0.6) is 6.01 Å². The number of carbonyl (C=O) groups excluding carboxylic acids is 1. The molecule has 1 saturated carbocycles. The van der Waals surface area contributed by atoms with Gasteiger partial charge in [-0.25, -0.2) is 13.6 Å². The monoisotopic (exact) mass is 405 g/mol. The highest BCUT2D eigenvalue weighted by molar-refractivity contribution is 5.82. The molecule has 1 heterocycles. The smallest absolute Gasteiger partial charge is 0.297 e. The van der Waals surface area contributed by atoms with Gasteiger partial charge in [-0.1, -0.05) is 6.92 Å². The summed E-state index contributed by atoms with van der Waals surface area (Å²) in [4.78, 5) is 18.3. The van der Waals surface area contributed by atoms with Crippen molar-refractivity contribution in [3.8, 4) is 6.01 Å². The Morgan fingerprint density at radius 3 is 2.62 bits per heavy atom. The molecule has 0 saturated heterocycles. The average Bonchev–Trinajstić information content (AvgIpc) is 3.00. The van der Waals surface area contributed by atoms with E-state index >= 15 is 0 Å².